The van der Waals surface area contributed by atoms with Crippen LogP contribution in [0.3, 0.4) is 0 Å². The second-order valence-electron chi connectivity index (χ2n) is 9.65. The van der Waals surface area contributed by atoms with Gasteiger partial charge in [0.1, 0.15) is 12.3 Å². The van der Waals surface area contributed by atoms with Gasteiger partial charge in [-0.3, -0.25) is 24.1 Å². The number of imide groups is 1. The average Bonchev–Trinajstić information content (AvgIpc) is 3.25. The molecule has 0 radical (unpaired) electrons. The number of aryl methyl sites for hydroxylation is 1. The number of carbonyl (C=O) groups is 4. The normalized spacial score (nSPS) is 16.1. The van der Waals surface area contributed by atoms with Crippen LogP contribution in [0.1, 0.15) is 11.1 Å². The number of nitrogens with one attached hydrogen (secondary N) is 2. The first kappa shape index (κ1) is 28.9. The first-order valence-corrected chi connectivity index (χ1v) is 14.2. The van der Waals surface area contributed by atoms with E-state index < -0.39 is 23.6 Å². The molecule has 0 aliphatic carbocycles. The summed E-state index contributed by atoms with van der Waals surface area (Å²) >= 11 is 0.783. The Morgan fingerprint density at radius 3 is 2.31 bits per heavy atom. The van der Waals surface area contributed by atoms with E-state index >= 15 is 0 Å². The van der Waals surface area contributed by atoms with Crippen LogP contribution in [-0.2, 0) is 19.1 Å². The van der Waals surface area contributed by atoms with Crippen molar-refractivity contribution in [2.75, 3.05) is 55.0 Å². The van der Waals surface area contributed by atoms with Crippen LogP contribution in [-0.4, -0.2) is 67.3 Å². The third-order valence-electron chi connectivity index (χ3n) is 6.67. The molecule has 3 aromatic carbocycles. The number of amides is 4. The van der Waals surface area contributed by atoms with Crippen molar-refractivity contribution in [1.82, 2.24) is 4.90 Å². The third kappa shape index (κ3) is 7.17. The Kier molecular flexibility index (Phi) is 9.20. The number of hydrogen-bond donors (Lipinski definition) is 2. The maximum atomic E-state index is 13.0. The van der Waals surface area contributed by atoms with Gasteiger partial charge in [0.2, 0.25) is 5.91 Å². The van der Waals surface area contributed by atoms with E-state index in [0.29, 0.717) is 43.3 Å². The topological polar surface area (TPSA) is 117 Å². The number of carbonyl (C=O) groups excluding carboxylic acids is 4. The highest BCUT2D eigenvalue weighted by molar-refractivity contribution is 8.18. The Labute approximate surface area is 247 Å². The van der Waals surface area contributed by atoms with Crippen LogP contribution in [0, 0.1) is 6.92 Å². The molecule has 11 heteroatoms. The summed E-state index contributed by atoms with van der Waals surface area (Å²) in [5.74, 6) is -0.799. The van der Waals surface area contributed by atoms with Crippen molar-refractivity contribution in [3.63, 3.8) is 0 Å². The summed E-state index contributed by atoms with van der Waals surface area (Å²) in [6.07, 6.45) is 1.59. The number of morpholine rings is 1. The van der Waals surface area contributed by atoms with Crippen molar-refractivity contribution in [3.05, 3.63) is 88.8 Å². The van der Waals surface area contributed by atoms with Crippen LogP contribution in [0.25, 0.3) is 6.08 Å². The number of benzene rings is 3. The fraction of sp³-hybridized carbons (Fsp3) is 0.226. The Bertz CT molecular complexity index is 1520. The lowest BCUT2D eigenvalue weighted by molar-refractivity contribution is -0.127. The van der Waals surface area contributed by atoms with Crippen molar-refractivity contribution in [2.24, 2.45) is 0 Å². The monoisotopic (exact) mass is 586 g/mol. The molecule has 0 bridgehead atoms. The van der Waals surface area contributed by atoms with Crippen molar-refractivity contribution < 1.29 is 28.7 Å². The fourth-order valence-corrected chi connectivity index (χ4v) is 5.33. The van der Waals surface area contributed by atoms with Gasteiger partial charge < -0.3 is 25.0 Å². The zero-order valence-corrected chi connectivity index (χ0v) is 23.8. The van der Waals surface area contributed by atoms with E-state index in [4.69, 9.17) is 9.47 Å². The lowest BCUT2D eigenvalue weighted by atomic mass is 10.2. The summed E-state index contributed by atoms with van der Waals surface area (Å²) in [7, 11) is 0. The van der Waals surface area contributed by atoms with E-state index in [1.54, 1.807) is 36.4 Å². The molecule has 2 saturated heterocycles. The predicted molar refractivity (Wildman–Crippen MR) is 163 cm³/mol. The van der Waals surface area contributed by atoms with E-state index in [1.807, 2.05) is 49.4 Å². The minimum atomic E-state index is -0.533. The molecule has 42 heavy (non-hydrogen) atoms. The van der Waals surface area contributed by atoms with E-state index in [0.717, 1.165) is 33.6 Å². The first-order chi connectivity index (χ1) is 20.4. The zero-order valence-electron chi connectivity index (χ0n) is 23.0. The predicted octanol–water partition coefficient (Wildman–Crippen LogP) is 4.52. The molecular formula is C31H30N4O6S. The summed E-state index contributed by atoms with van der Waals surface area (Å²) in [5, 5.41) is 5.14. The number of para-hydroxylation sites is 3. The number of nitrogens with zero attached hydrogens (tertiary/aromatic N) is 2. The molecule has 0 unspecified atom stereocenters. The van der Waals surface area contributed by atoms with Crippen molar-refractivity contribution in [1.29, 1.82) is 0 Å². The number of ether oxygens (including phenoxy) is 2. The third-order valence-corrected chi connectivity index (χ3v) is 7.58. The van der Waals surface area contributed by atoms with E-state index in [9.17, 15) is 19.2 Å². The van der Waals surface area contributed by atoms with Crippen LogP contribution in [0.5, 0.6) is 5.75 Å². The number of thioether (sulfide) groups is 1. The Balaban J connectivity index is 1.15. The maximum absolute atomic E-state index is 13.0. The summed E-state index contributed by atoms with van der Waals surface area (Å²) in [6.45, 7) is 3.97. The SMILES string of the molecule is Cc1ccccc1NC(=O)COc1ccc(/C=C2\SC(=O)N(CC(=O)Nc3ccccc3N3CCOCC3)C2=O)cc1. The highest BCUT2D eigenvalue weighted by Gasteiger charge is 2.36. The Morgan fingerprint density at radius 1 is 0.905 bits per heavy atom. The molecule has 2 aliphatic heterocycles. The van der Waals surface area contributed by atoms with Crippen molar-refractivity contribution >= 4 is 57.9 Å². The largest absolute Gasteiger partial charge is 0.484 e. The zero-order chi connectivity index (χ0) is 29.5. The van der Waals surface area contributed by atoms with Crippen LogP contribution >= 0.6 is 11.8 Å². The molecule has 216 valence electrons. The van der Waals surface area contributed by atoms with Gasteiger partial charge in [0, 0.05) is 18.8 Å². The van der Waals surface area contributed by atoms with E-state index in [2.05, 4.69) is 15.5 Å². The highest BCUT2D eigenvalue weighted by atomic mass is 32.2. The lowest BCUT2D eigenvalue weighted by Crippen LogP contribution is -2.38. The molecule has 3 aromatic rings. The van der Waals surface area contributed by atoms with Crippen molar-refractivity contribution in [2.45, 2.75) is 6.92 Å². The quantitative estimate of drug-likeness (QED) is 0.352. The molecular weight excluding hydrogens is 556 g/mol. The Morgan fingerprint density at radius 2 is 1.57 bits per heavy atom. The molecule has 10 nitrogen and oxygen atoms in total. The Hall–Kier alpha value is -4.61. The van der Waals surface area contributed by atoms with Crippen LogP contribution < -0.4 is 20.3 Å². The minimum Gasteiger partial charge on any atom is -0.484 e. The molecule has 4 amide bonds. The molecule has 0 aromatic heterocycles. The van der Waals surface area contributed by atoms with Gasteiger partial charge in [-0.2, -0.15) is 0 Å². The van der Waals surface area contributed by atoms with E-state index in [-0.39, 0.29) is 17.4 Å². The molecule has 0 saturated carbocycles. The lowest BCUT2D eigenvalue weighted by Gasteiger charge is -2.30. The van der Waals surface area contributed by atoms with Gasteiger partial charge in [-0.25, -0.2) is 0 Å². The maximum Gasteiger partial charge on any atom is 0.294 e. The molecule has 2 fully saturated rings. The fourth-order valence-electron chi connectivity index (χ4n) is 4.49. The van der Waals surface area contributed by atoms with Crippen molar-refractivity contribution in [3.8, 4) is 5.75 Å². The standard InChI is InChI=1S/C31H30N4O6S/c1-21-6-2-3-7-24(21)32-29(37)20-41-23-12-10-22(11-13-23)18-27-30(38)35(31(39)42-27)19-28(36)33-25-8-4-5-9-26(25)34-14-16-40-17-15-34/h2-13,18H,14-17,19-20H2,1H3,(H,32,37)(H,33,36)/b27-18-. The van der Waals surface area contributed by atoms with Gasteiger partial charge >= 0.3 is 0 Å². The van der Waals surface area contributed by atoms with Gasteiger partial charge in [0.05, 0.1) is 29.5 Å². The summed E-state index contributed by atoms with van der Waals surface area (Å²) in [6, 6.07) is 21.7. The highest BCUT2D eigenvalue weighted by Crippen LogP contribution is 2.33. The molecule has 2 heterocycles. The first-order valence-electron chi connectivity index (χ1n) is 13.4. The van der Waals surface area contributed by atoms with Gasteiger partial charge in [0.15, 0.2) is 6.61 Å². The number of anilines is 3. The molecule has 5 rings (SSSR count). The van der Waals surface area contributed by atoms with Crippen LogP contribution in [0.4, 0.5) is 21.9 Å². The summed E-state index contributed by atoms with van der Waals surface area (Å²) < 4.78 is 11.0. The second-order valence-corrected chi connectivity index (χ2v) is 10.6. The van der Waals surface area contributed by atoms with Gasteiger partial charge in [-0.05, 0) is 66.2 Å². The average molecular weight is 587 g/mol. The smallest absolute Gasteiger partial charge is 0.294 e. The van der Waals surface area contributed by atoms with Gasteiger partial charge in [-0.15, -0.1) is 0 Å². The number of rotatable bonds is 9. The number of hydrogen-bond acceptors (Lipinski definition) is 8. The van der Waals surface area contributed by atoms with Gasteiger partial charge in [0.25, 0.3) is 17.1 Å². The molecule has 0 atom stereocenters. The molecule has 2 aliphatic rings. The van der Waals surface area contributed by atoms with Crippen LogP contribution in [0.2, 0.25) is 0 Å². The van der Waals surface area contributed by atoms with Crippen LogP contribution in [0.15, 0.2) is 77.7 Å². The van der Waals surface area contributed by atoms with Gasteiger partial charge in [-0.1, -0.05) is 42.5 Å². The summed E-state index contributed by atoms with van der Waals surface area (Å²) in [5.41, 5.74) is 3.82. The second kappa shape index (κ2) is 13.4. The van der Waals surface area contributed by atoms with E-state index in [1.165, 1.54) is 0 Å². The minimum absolute atomic E-state index is 0.161. The summed E-state index contributed by atoms with van der Waals surface area (Å²) in [4.78, 5) is 54.0. The molecule has 2 N–H and O–H groups in total. The molecule has 0 spiro atoms.